The van der Waals surface area contributed by atoms with Gasteiger partial charge in [0.05, 0.1) is 17.5 Å². The molecule has 0 aliphatic carbocycles. The van der Waals surface area contributed by atoms with Gasteiger partial charge in [-0.25, -0.2) is 4.79 Å². The summed E-state index contributed by atoms with van der Waals surface area (Å²) in [6.07, 6.45) is 3.45. The Morgan fingerprint density at radius 1 is 1.10 bits per heavy atom. The topological polar surface area (TPSA) is 88.9 Å². The minimum atomic E-state index is -0.917. The second kappa shape index (κ2) is 8.94. The van der Waals surface area contributed by atoms with Gasteiger partial charge >= 0.3 is 5.97 Å². The second-order valence-corrected chi connectivity index (χ2v) is 7.40. The molecule has 3 atom stereocenters. The molecule has 0 bridgehead atoms. The van der Waals surface area contributed by atoms with Crippen LogP contribution in [0.4, 0.5) is 5.69 Å². The first-order chi connectivity index (χ1) is 13.9. The number of piperidine rings is 1. The fourth-order valence-corrected chi connectivity index (χ4v) is 3.70. The van der Waals surface area contributed by atoms with E-state index in [0.29, 0.717) is 5.69 Å². The average molecular weight is 398 g/mol. The number of hydrogen-bond donors (Lipinski definition) is 1. The van der Waals surface area contributed by atoms with Crippen molar-refractivity contribution in [1.29, 1.82) is 0 Å². The molecule has 1 saturated heterocycles. The molecule has 29 heavy (non-hydrogen) atoms. The molecule has 1 fully saturated rings. The Balaban J connectivity index is 1.70. The van der Waals surface area contributed by atoms with Gasteiger partial charge in [-0.3, -0.25) is 9.59 Å². The summed E-state index contributed by atoms with van der Waals surface area (Å²) in [6.45, 7) is 5.61. The van der Waals surface area contributed by atoms with Gasteiger partial charge in [0.1, 0.15) is 0 Å². The molecule has 2 aromatic rings. The number of likely N-dealkylation sites (tertiary alicyclic amines) is 1. The summed E-state index contributed by atoms with van der Waals surface area (Å²) in [5, 5.41) is 2.64. The monoisotopic (exact) mass is 398 g/mol. The quantitative estimate of drug-likeness (QED) is 0.773. The lowest BCUT2D eigenvalue weighted by Gasteiger charge is -2.40. The van der Waals surface area contributed by atoms with Crippen molar-refractivity contribution in [2.24, 2.45) is 0 Å². The minimum Gasteiger partial charge on any atom is -0.459 e. The summed E-state index contributed by atoms with van der Waals surface area (Å²) < 4.78 is 10.5. The van der Waals surface area contributed by atoms with Gasteiger partial charge in [0.2, 0.25) is 0 Å². The van der Waals surface area contributed by atoms with Crippen LogP contribution in [0.3, 0.4) is 0 Å². The molecule has 154 valence electrons. The molecule has 0 saturated carbocycles. The number of carbonyl (C=O) groups excluding carboxylic acids is 3. The highest BCUT2D eigenvalue weighted by molar-refractivity contribution is 6.07. The zero-order valence-electron chi connectivity index (χ0n) is 16.9. The lowest BCUT2D eigenvalue weighted by Crippen LogP contribution is -2.51. The Morgan fingerprint density at radius 2 is 1.79 bits per heavy atom. The summed E-state index contributed by atoms with van der Waals surface area (Å²) in [6, 6.07) is 9.87. The molecule has 1 aromatic heterocycles. The van der Waals surface area contributed by atoms with E-state index in [1.54, 1.807) is 37.3 Å². The number of anilines is 1. The van der Waals surface area contributed by atoms with Crippen molar-refractivity contribution in [1.82, 2.24) is 4.90 Å². The lowest BCUT2D eigenvalue weighted by atomic mass is 9.97. The Morgan fingerprint density at radius 3 is 2.45 bits per heavy atom. The number of para-hydroxylation sites is 1. The van der Waals surface area contributed by atoms with Crippen molar-refractivity contribution < 1.29 is 23.5 Å². The van der Waals surface area contributed by atoms with E-state index in [4.69, 9.17) is 9.15 Å². The summed E-state index contributed by atoms with van der Waals surface area (Å²) in [4.78, 5) is 39.6. The molecule has 1 aliphatic rings. The van der Waals surface area contributed by atoms with E-state index in [2.05, 4.69) is 5.32 Å². The van der Waals surface area contributed by atoms with Gasteiger partial charge in [0.25, 0.3) is 11.8 Å². The predicted molar refractivity (Wildman–Crippen MR) is 108 cm³/mol. The van der Waals surface area contributed by atoms with Crippen molar-refractivity contribution in [3.05, 3.63) is 54.0 Å². The van der Waals surface area contributed by atoms with Crippen LogP contribution in [0.1, 0.15) is 60.9 Å². The third kappa shape index (κ3) is 4.67. The molecular formula is C22H26N2O5. The van der Waals surface area contributed by atoms with Crippen LogP contribution >= 0.6 is 0 Å². The van der Waals surface area contributed by atoms with E-state index < -0.39 is 18.0 Å². The van der Waals surface area contributed by atoms with Crippen LogP contribution in [-0.2, 0) is 9.53 Å². The molecule has 1 N–H and O–H groups in total. The lowest BCUT2D eigenvalue weighted by molar-refractivity contribution is -0.146. The van der Waals surface area contributed by atoms with E-state index in [0.717, 1.165) is 19.3 Å². The average Bonchev–Trinajstić information content (AvgIpc) is 3.23. The fraction of sp³-hybridized carbons (Fsp3) is 0.409. The van der Waals surface area contributed by atoms with Crippen LogP contribution in [0.25, 0.3) is 0 Å². The van der Waals surface area contributed by atoms with Crippen molar-refractivity contribution in [3.63, 3.8) is 0 Å². The maximum absolute atomic E-state index is 12.9. The highest BCUT2D eigenvalue weighted by atomic mass is 16.5. The molecule has 2 heterocycles. The SMILES string of the molecule is C[C@@H]1CCC[C@H](C)N1C(=O)[C@@H](C)OC(=O)c1ccccc1NC(=O)c1ccco1. The minimum absolute atomic E-state index is 0.118. The maximum atomic E-state index is 12.9. The Hall–Kier alpha value is -3.09. The van der Waals surface area contributed by atoms with Gasteiger partial charge < -0.3 is 19.4 Å². The number of nitrogens with zero attached hydrogens (tertiary/aromatic N) is 1. The molecule has 7 nitrogen and oxygen atoms in total. The molecule has 0 radical (unpaired) electrons. The predicted octanol–water partition coefficient (Wildman–Crippen LogP) is 3.87. The molecule has 3 rings (SSSR count). The number of rotatable bonds is 5. The van der Waals surface area contributed by atoms with Gasteiger partial charge in [-0.15, -0.1) is 0 Å². The van der Waals surface area contributed by atoms with E-state index in [1.165, 1.54) is 12.3 Å². The number of nitrogens with one attached hydrogen (secondary N) is 1. The summed E-state index contributed by atoms with van der Waals surface area (Å²) in [5.74, 6) is -1.21. The van der Waals surface area contributed by atoms with Crippen LogP contribution in [0.5, 0.6) is 0 Å². The van der Waals surface area contributed by atoms with Gasteiger partial charge in [-0.2, -0.15) is 0 Å². The Bertz CT molecular complexity index is 867. The number of benzene rings is 1. The molecular weight excluding hydrogens is 372 g/mol. The van der Waals surface area contributed by atoms with Crippen molar-refractivity contribution >= 4 is 23.5 Å². The third-order valence-corrected chi connectivity index (χ3v) is 5.22. The highest BCUT2D eigenvalue weighted by Gasteiger charge is 2.33. The van der Waals surface area contributed by atoms with E-state index in [-0.39, 0.29) is 29.3 Å². The number of amides is 2. The number of furan rings is 1. The first kappa shape index (κ1) is 20.6. The van der Waals surface area contributed by atoms with Gasteiger partial charge in [0, 0.05) is 12.1 Å². The first-order valence-corrected chi connectivity index (χ1v) is 9.85. The molecule has 1 aliphatic heterocycles. The van der Waals surface area contributed by atoms with Crippen LogP contribution in [0.2, 0.25) is 0 Å². The molecule has 0 spiro atoms. The summed E-state index contributed by atoms with van der Waals surface area (Å²) in [7, 11) is 0. The van der Waals surface area contributed by atoms with E-state index in [9.17, 15) is 14.4 Å². The smallest absolute Gasteiger partial charge is 0.341 e. The Labute approximate surface area is 170 Å². The molecule has 2 amide bonds. The van der Waals surface area contributed by atoms with Crippen LogP contribution in [-0.4, -0.2) is 40.9 Å². The fourth-order valence-electron chi connectivity index (χ4n) is 3.70. The zero-order chi connectivity index (χ0) is 21.0. The van der Waals surface area contributed by atoms with Crippen molar-refractivity contribution in [2.45, 2.75) is 58.2 Å². The number of hydrogen-bond acceptors (Lipinski definition) is 5. The second-order valence-electron chi connectivity index (χ2n) is 7.40. The number of esters is 1. The number of carbonyl (C=O) groups is 3. The molecule has 7 heteroatoms. The van der Waals surface area contributed by atoms with E-state index in [1.807, 2.05) is 18.7 Å². The number of ether oxygens (including phenoxy) is 1. The largest absolute Gasteiger partial charge is 0.459 e. The Kier molecular flexibility index (Phi) is 6.36. The van der Waals surface area contributed by atoms with Crippen LogP contribution < -0.4 is 5.32 Å². The van der Waals surface area contributed by atoms with Gasteiger partial charge in [-0.1, -0.05) is 12.1 Å². The standard InChI is InChI=1S/C22H26N2O5/c1-14-8-6-9-15(2)24(14)21(26)16(3)29-22(27)17-10-4-5-11-18(17)23-20(25)19-12-7-13-28-19/h4-5,7,10-16H,6,8-9H2,1-3H3,(H,23,25)/t14-,15+,16-/m1/s1. The zero-order valence-corrected chi connectivity index (χ0v) is 16.9. The first-order valence-electron chi connectivity index (χ1n) is 9.85. The summed E-state index contributed by atoms with van der Waals surface area (Å²) >= 11 is 0. The molecule has 0 unspecified atom stereocenters. The van der Waals surface area contributed by atoms with Crippen molar-refractivity contribution in [2.75, 3.05) is 5.32 Å². The van der Waals surface area contributed by atoms with Gasteiger partial charge in [0.15, 0.2) is 11.9 Å². The van der Waals surface area contributed by atoms with Crippen LogP contribution in [0.15, 0.2) is 47.1 Å². The highest BCUT2D eigenvalue weighted by Crippen LogP contribution is 2.24. The maximum Gasteiger partial charge on any atom is 0.341 e. The third-order valence-electron chi connectivity index (χ3n) is 5.22. The van der Waals surface area contributed by atoms with E-state index >= 15 is 0 Å². The van der Waals surface area contributed by atoms with Gasteiger partial charge in [-0.05, 0) is 64.3 Å². The van der Waals surface area contributed by atoms with Crippen molar-refractivity contribution in [3.8, 4) is 0 Å². The summed E-state index contributed by atoms with van der Waals surface area (Å²) in [5.41, 5.74) is 0.463. The normalized spacial score (nSPS) is 20.0. The molecule has 1 aromatic carbocycles. The van der Waals surface area contributed by atoms with Crippen LogP contribution in [0, 0.1) is 0 Å².